The van der Waals surface area contributed by atoms with Crippen LogP contribution in [-0.4, -0.2) is 33.6 Å². The molecule has 0 heterocycles. The number of carbonyl (C=O) groups is 1. The van der Waals surface area contributed by atoms with Gasteiger partial charge >= 0.3 is 14.3 Å². The van der Waals surface area contributed by atoms with Gasteiger partial charge in [0.15, 0.2) is 17.2 Å². The first-order valence-electron chi connectivity index (χ1n) is 10.5. The molecule has 0 aliphatic rings. The molecular weight excluding hydrogens is 420 g/mol. The van der Waals surface area contributed by atoms with E-state index in [4.69, 9.17) is 13.9 Å². The Balaban J connectivity index is 2.30. The molecule has 0 radical (unpaired) electrons. The third-order valence-electron chi connectivity index (χ3n) is 5.55. The van der Waals surface area contributed by atoms with Gasteiger partial charge in [0, 0.05) is 0 Å². The van der Waals surface area contributed by atoms with Crippen LogP contribution in [-0.2, 0) is 11.2 Å². The molecule has 6 heteroatoms. The number of carboxylic acids is 1. The molecule has 0 amide bonds. The van der Waals surface area contributed by atoms with Crippen molar-refractivity contribution in [2.75, 3.05) is 14.2 Å². The monoisotopic (exact) mass is 450 g/mol. The van der Waals surface area contributed by atoms with E-state index in [0.717, 1.165) is 10.4 Å². The molecule has 0 aromatic heterocycles. The van der Waals surface area contributed by atoms with Crippen molar-refractivity contribution in [1.82, 2.24) is 0 Å². The summed E-state index contributed by atoms with van der Waals surface area (Å²) in [7, 11) is 0.195. The smallest absolute Gasteiger partial charge is 0.320 e. The number of rotatable bonds is 8. The Labute approximate surface area is 190 Å². The van der Waals surface area contributed by atoms with Crippen LogP contribution in [0.25, 0.3) is 0 Å². The molecule has 0 bridgehead atoms. The molecular formula is C26H30O5Si. The van der Waals surface area contributed by atoms with Gasteiger partial charge in [-0.15, -0.1) is 0 Å². The number of methoxy groups -OCH3 is 2. The van der Waals surface area contributed by atoms with Crippen LogP contribution in [0.3, 0.4) is 0 Å². The number of hydrogen-bond donors (Lipinski definition) is 1. The minimum Gasteiger partial charge on any atom is -0.529 e. The van der Waals surface area contributed by atoms with Crippen molar-refractivity contribution in [3.63, 3.8) is 0 Å². The second kappa shape index (κ2) is 9.49. The van der Waals surface area contributed by atoms with Crippen molar-refractivity contribution in [2.45, 2.75) is 32.2 Å². The molecule has 3 aromatic rings. The van der Waals surface area contributed by atoms with Gasteiger partial charge in [-0.3, -0.25) is 4.79 Å². The third kappa shape index (κ3) is 4.50. The summed E-state index contributed by atoms with van der Waals surface area (Å²) < 4.78 is 18.4. The van der Waals surface area contributed by atoms with Crippen molar-refractivity contribution >= 4 is 24.7 Å². The molecule has 5 nitrogen and oxygen atoms in total. The maximum atomic E-state index is 11.3. The Morgan fingerprint density at radius 2 is 1.28 bits per heavy atom. The first kappa shape index (κ1) is 23.4. The summed E-state index contributed by atoms with van der Waals surface area (Å²) in [6.07, 6.45) is -0.133. The Kier molecular flexibility index (Phi) is 6.94. The van der Waals surface area contributed by atoms with E-state index in [1.807, 2.05) is 36.4 Å². The van der Waals surface area contributed by atoms with Crippen molar-refractivity contribution in [1.29, 1.82) is 0 Å². The molecule has 0 fully saturated rings. The number of ether oxygens (including phenoxy) is 2. The molecule has 0 unspecified atom stereocenters. The lowest BCUT2D eigenvalue weighted by molar-refractivity contribution is -0.136. The van der Waals surface area contributed by atoms with Gasteiger partial charge < -0.3 is 19.0 Å². The molecule has 1 N–H and O–H groups in total. The largest absolute Gasteiger partial charge is 0.529 e. The first-order chi connectivity index (χ1) is 15.2. The van der Waals surface area contributed by atoms with E-state index in [0.29, 0.717) is 22.8 Å². The predicted molar refractivity (Wildman–Crippen MR) is 129 cm³/mol. The van der Waals surface area contributed by atoms with Gasteiger partial charge in [-0.05, 0) is 33.1 Å². The van der Waals surface area contributed by atoms with Crippen LogP contribution >= 0.6 is 0 Å². The molecule has 0 spiro atoms. The van der Waals surface area contributed by atoms with Crippen molar-refractivity contribution < 1.29 is 23.8 Å². The highest BCUT2D eigenvalue weighted by atomic mass is 28.4. The summed E-state index contributed by atoms with van der Waals surface area (Å²) in [4.78, 5) is 11.3. The zero-order chi connectivity index (χ0) is 23.4. The van der Waals surface area contributed by atoms with Gasteiger partial charge in [0.05, 0.1) is 20.6 Å². The van der Waals surface area contributed by atoms with Crippen LogP contribution in [0.4, 0.5) is 0 Å². The molecule has 3 aromatic carbocycles. The predicted octanol–water partition coefficient (Wildman–Crippen LogP) is 4.27. The van der Waals surface area contributed by atoms with E-state index in [-0.39, 0.29) is 11.5 Å². The summed E-state index contributed by atoms with van der Waals surface area (Å²) in [5.41, 5.74) is 0.584. The van der Waals surface area contributed by atoms with Gasteiger partial charge in [-0.25, -0.2) is 0 Å². The van der Waals surface area contributed by atoms with Crippen LogP contribution in [0.2, 0.25) is 5.04 Å². The van der Waals surface area contributed by atoms with E-state index < -0.39 is 14.3 Å². The number of hydrogen-bond acceptors (Lipinski definition) is 4. The van der Waals surface area contributed by atoms with Gasteiger partial charge in [0.25, 0.3) is 0 Å². The highest BCUT2D eigenvalue weighted by Crippen LogP contribution is 2.45. The van der Waals surface area contributed by atoms with Crippen molar-refractivity contribution in [3.05, 3.63) is 78.4 Å². The SMILES string of the molecule is COc1cc(CC(=O)O)cc(OC)c1O[Si](c1ccccc1)(c1ccccc1)C(C)(C)C. The molecule has 32 heavy (non-hydrogen) atoms. The van der Waals surface area contributed by atoms with Gasteiger partial charge in [0.2, 0.25) is 0 Å². The number of carboxylic acid groups (broad SMARTS) is 1. The molecule has 0 saturated carbocycles. The van der Waals surface area contributed by atoms with E-state index in [1.54, 1.807) is 26.4 Å². The van der Waals surface area contributed by atoms with Crippen molar-refractivity contribution in [3.8, 4) is 17.2 Å². The minimum atomic E-state index is -2.91. The Hall–Kier alpha value is -3.25. The summed E-state index contributed by atoms with van der Waals surface area (Å²) in [5.74, 6) is 0.468. The van der Waals surface area contributed by atoms with Gasteiger partial charge in [-0.1, -0.05) is 81.4 Å². The summed E-state index contributed by atoms with van der Waals surface area (Å²) >= 11 is 0. The van der Waals surface area contributed by atoms with Crippen LogP contribution in [0.5, 0.6) is 17.2 Å². The summed E-state index contributed by atoms with van der Waals surface area (Å²) in [6.45, 7) is 6.57. The van der Waals surface area contributed by atoms with Gasteiger partial charge in [0.1, 0.15) is 0 Å². The van der Waals surface area contributed by atoms with E-state index in [1.165, 1.54) is 0 Å². The number of benzene rings is 3. The fourth-order valence-corrected chi connectivity index (χ4v) is 8.55. The van der Waals surface area contributed by atoms with Gasteiger partial charge in [-0.2, -0.15) is 0 Å². The molecule has 0 saturated heterocycles. The molecule has 3 rings (SSSR count). The zero-order valence-corrected chi connectivity index (χ0v) is 20.2. The van der Waals surface area contributed by atoms with Crippen molar-refractivity contribution in [2.24, 2.45) is 0 Å². The standard InChI is InChI=1S/C26H30O5Si/c1-26(2,3)32(20-12-8-6-9-13-20,21-14-10-7-11-15-21)31-25-22(29-4)16-19(18-24(27)28)17-23(25)30-5/h6-17H,18H2,1-5H3,(H,27,28). The third-order valence-corrected chi connectivity index (χ3v) is 10.5. The highest BCUT2D eigenvalue weighted by Gasteiger charge is 2.52. The lowest BCUT2D eigenvalue weighted by Gasteiger charge is -2.43. The first-order valence-corrected chi connectivity index (χ1v) is 12.4. The van der Waals surface area contributed by atoms with E-state index in [9.17, 15) is 9.90 Å². The van der Waals surface area contributed by atoms with E-state index >= 15 is 0 Å². The fourth-order valence-electron chi connectivity index (χ4n) is 4.11. The highest BCUT2D eigenvalue weighted by molar-refractivity contribution is 7.00. The fraction of sp³-hybridized carbons (Fsp3) is 0.269. The average molecular weight is 451 g/mol. The lowest BCUT2D eigenvalue weighted by atomic mass is 10.1. The molecule has 0 atom stereocenters. The Bertz CT molecular complexity index is 994. The van der Waals surface area contributed by atoms with Crippen LogP contribution < -0.4 is 24.3 Å². The summed E-state index contributed by atoms with van der Waals surface area (Å²) in [5, 5.41) is 11.2. The summed E-state index contributed by atoms with van der Waals surface area (Å²) in [6, 6.07) is 24.0. The second-order valence-corrected chi connectivity index (χ2v) is 12.9. The van der Waals surface area contributed by atoms with Crippen LogP contribution in [0.15, 0.2) is 72.8 Å². The maximum Gasteiger partial charge on any atom is 0.320 e. The average Bonchev–Trinajstić information content (AvgIpc) is 2.77. The molecule has 168 valence electrons. The topological polar surface area (TPSA) is 65.0 Å². The molecule has 0 aliphatic carbocycles. The maximum absolute atomic E-state index is 11.3. The lowest BCUT2D eigenvalue weighted by Crippen LogP contribution is -2.68. The minimum absolute atomic E-state index is 0.133. The van der Waals surface area contributed by atoms with Crippen LogP contribution in [0, 0.1) is 0 Å². The van der Waals surface area contributed by atoms with E-state index in [2.05, 4.69) is 45.0 Å². The zero-order valence-electron chi connectivity index (χ0n) is 19.2. The van der Waals surface area contributed by atoms with Crippen LogP contribution in [0.1, 0.15) is 26.3 Å². The number of aliphatic carboxylic acids is 1. The quantitative estimate of drug-likeness (QED) is 0.519. The second-order valence-electron chi connectivity index (χ2n) is 8.67. The molecule has 0 aliphatic heterocycles. The normalized spacial score (nSPS) is 11.7. The Morgan fingerprint density at radius 3 is 1.62 bits per heavy atom. The Morgan fingerprint density at radius 1 is 0.844 bits per heavy atom.